The molecule has 0 heterocycles. The lowest BCUT2D eigenvalue weighted by Gasteiger charge is -2.08. The second-order valence-electron chi connectivity index (χ2n) is 7.77. The third kappa shape index (κ3) is 9.42. The number of carbonyl (C=O) groups excluding carboxylic acids is 1. The highest BCUT2D eigenvalue weighted by Gasteiger charge is 2.13. The van der Waals surface area contributed by atoms with Crippen LogP contribution in [0.1, 0.15) is 67.8 Å². The highest BCUT2D eigenvalue weighted by molar-refractivity contribution is 5.89. The Morgan fingerprint density at radius 2 is 1.97 bits per heavy atom. The van der Waals surface area contributed by atoms with Crippen molar-refractivity contribution in [2.45, 2.75) is 58.4 Å². The summed E-state index contributed by atoms with van der Waals surface area (Å²) in [6, 6.07) is 7.46. The van der Waals surface area contributed by atoms with Crippen molar-refractivity contribution in [1.82, 2.24) is 5.32 Å². The van der Waals surface area contributed by atoms with E-state index in [1.165, 1.54) is 57.6 Å². The first kappa shape index (κ1) is 23.4. The van der Waals surface area contributed by atoms with Crippen molar-refractivity contribution in [3.63, 3.8) is 0 Å². The van der Waals surface area contributed by atoms with Crippen LogP contribution in [0.25, 0.3) is 0 Å². The maximum atomic E-state index is 11.4. The summed E-state index contributed by atoms with van der Waals surface area (Å²) in [5, 5.41) is 3.36. The Kier molecular flexibility index (Phi) is 11.4. The molecule has 0 amide bonds. The highest BCUT2D eigenvalue weighted by atomic mass is 16.5. The molecule has 1 N–H and O–H groups in total. The van der Waals surface area contributed by atoms with Gasteiger partial charge in [-0.05, 0) is 49.0 Å². The van der Waals surface area contributed by atoms with E-state index in [2.05, 4.69) is 30.5 Å². The van der Waals surface area contributed by atoms with E-state index in [-0.39, 0.29) is 5.97 Å². The molecule has 29 heavy (non-hydrogen) atoms. The summed E-state index contributed by atoms with van der Waals surface area (Å²) in [6.07, 6.45) is 16.3. The van der Waals surface area contributed by atoms with Crippen molar-refractivity contribution in [2.24, 2.45) is 5.92 Å². The molecule has 1 aliphatic rings. The molecule has 0 bridgehead atoms. The normalized spacial score (nSPS) is 15.3. The quantitative estimate of drug-likeness (QED) is 0.272. The Balaban J connectivity index is 1.51. The summed E-state index contributed by atoms with van der Waals surface area (Å²) in [5.41, 5.74) is 2.95. The molecule has 1 saturated carbocycles. The third-order valence-electron chi connectivity index (χ3n) is 5.56. The SMILES string of the molecule is C/C=C(\C=C/CCCC1CCCC1)COCCNCc1ccc(C(=O)OC)cc1. The number of nitrogens with one attached hydrogen (secondary N) is 1. The van der Waals surface area contributed by atoms with Gasteiger partial charge < -0.3 is 14.8 Å². The molecule has 1 fully saturated rings. The third-order valence-corrected chi connectivity index (χ3v) is 5.56. The Morgan fingerprint density at radius 3 is 2.66 bits per heavy atom. The summed E-state index contributed by atoms with van der Waals surface area (Å²) in [4.78, 5) is 11.4. The van der Waals surface area contributed by atoms with Crippen LogP contribution in [0.4, 0.5) is 0 Å². The van der Waals surface area contributed by atoms with Crippen molar-refractivity contribution < 1.29 is 14.3 Å². The minimum atomic E-state index is -0.305. The minimum absolute atomic E-state index is 0.305. The molecule has 1 aliphatic carbocycles. The molecule has 4 heteroatoms. The van der Waals surface area contributed by atoms with Gasteiger partial charge in [0.1, 0.15) is 0 Å². The van der Waals surface area contributed by atoms with Gasteiger partial charge in [0.2, 0.25) is 0 Å². The maximum absolute atomic E-state index is 11.4. The lowest BCUT2D eigenvalue weighted by Crippen LogP contribution is -2.19. The largest absolute Gasteiger partial charge is 0.465 e. The van der Waals surface area contributed by atoms with Gasteiger partial charge in [-0.3, -0.25) is 0 Å². The molecule has 0 spiro atoms. The molecule has 2 rings (SSSR count). The Hall–Kier alpha value is -1.91. The van der Waals surface area contributed by atoms with Crippen molar-refractivity contribution in [3.8, 4) is 0 Å². The van der Waals surface area contributed by atoms with Gasteiger partial charge in [0.25, 0.3) is 0 Å². The first-order valence-electron chi connectivity index (χ1n) is 11.0. The van der Waals surface area contributed by atoms with Gasteiger partial charge in [-0.1, -0.05) is 62.5 Å². The number of hydrogen-bond donors (Lipinski definition) is 1. The summed E-state index contributed by atoms with van der Waals surface area (Å²) in [7, 11) is 1.39. The fourth-order valence-electron chi connectivity index (χ4n) is 3.73. The van der Waals surface area contributed by atoms with Crippen molar-refractivity contribution in [3.05, 3.63) is 59.2 Å². The van der Waals surface area contributed by atoms with Crippen molar-refractivity contribution >= 4 is 5.97 Å². The molecule has 160 valence electrons. The minimum Gasteiger partial charge on any atom is -0.465 e. The molecule has 0 atom stereocenters. The lowest BCUT2D eigenvalue weighted by molar-refractivity contribution is 0.0600. The van der Waals surface area contributed by atoms with Crippen LogP contribution in [0.3, 0.4) is 0 Å². The summed E-state index contributed by atoms with van der Waals surface area (Å²) in [5.74, 6) is 0.687. The monoisotopic (exact) mass is 399 g/mol. The molecule has 0 unspecified atom stereocenters. The molecular weight excluding hydrogens is 362 g/mol. The summed E-state index contributed by atoms with van der Waals surface area (Å²) < 4.78 is 10.5. The van der Waals surface area contributed by atoms with Gasteiger partial charge in [0, 0.05) is 13.1 Å². The zero-order chi connectivity index (χ0) is 20.7. The van der Waals surface area contributed by atoms with Crippen LogP contribution < -0.4 is 5.32 Å². The van der Waals surface area contributed by atoms with Gasteiger partial charge in [0.05, 0.1) is 25.9 Å². The van der Waals surface area contributed by atoms with Gasteiger partial charge in [-0.2, -0.15) is 0 Å². The molecule has 1 aromatic rings. The highest BCUT2D eigenvalue weighted by Crippen LogP contribution is 2.28. The molecular formula is C25H37NO3. The molecule has 4 nitrogen and oxygen atoms in total. The number of rotatable bonds is 13. The summed E-state index contributed by atoms with van der Waals surface area (Å²) >= 11 is 0. The van der Waals surface area contributed by atoms with E-state index in [0.29, 0.717) is 18.8 Å². The second kappa shape index (κ2) is 14.1. The fraction of sp³-hybridized carbons (Fsp3) is 0.560. The smallest absolute Gasteiger partial charge is 0.337 e. The van der Waals surface area contributed by atoms with Gasteiger partial charge >= 0.3 is 5.97 Å². The van der Waals surface area contributed by atoms with E-state index < -0.39 is 0 Å². The van der Waals surface area contributed by atoms with E-state index in [1.807, 2.05) is 12.1 Å². The lowest BCUT2D eigenvalue weighted by atomic mass is 10.0. The van der Waals surface area contributed by atoms with Crippen molar-refractivity contribution in [1.29, 1.82) is 0 Å². The van der Waals surface area contributed by atoms with Gasteiger partial charge in [0.15, 0.2) is 0 Å². The topological polar surface area (TPSA) is 47.6 Å². The van der Waals surface area contributed by atoms with E-state index >= 15 is 0 Å². The Morgan fingerprint density at radius 1 is 1.21 bits per heavy atom. The first-order valence-corrected chi connectivity index (χ1v) is 11.0. The van der Waals surface area contributed by atoms with Crippen LogP contribution in [0, 0.1) is 5.92 Å². The molecule has 0 saturated heterocycles. The first-order chi connectivity index (χ1) is 14.2. The predicted molar refractivity (Wildman–Crippen MR) is 119 cm³/mol. The number of methoxy groups -OCH3 is 1. The maximum Gasteiger partial charge on any atom is 0.337 e. The van der Waals surface area contributed by atoms with Crippen molar-refractivity contribution in [2.75, 3.05) is 26.9 Å². The molecule has 1 aromatic carbocycles. The van der Waals surface area contributed by atoms with E-state index in [9.17, 15) is 4.79 Å². The van der Waals surface area contributed by atoms with E-state index in [0.717, 1.165) is 24.6 Å². The average molecular weight is 400 g/mol. The van der Waals surface area contributed by atoms with E-state index in [1.54, 1.807) is 12.1 Å². The number of hydrogen-bond acceptors (Lipinski definition) is 4. The number of esters is 1. The van der Waals surface area contributed by atoms with Gasteiger partial charge in [-0.25, -0.2) is 4.79 Å². The van der Waals surface area contributed by atoms with Crippen LogP contribution >= 0.6 is 0 Å². The van der Waals surface area contributed by atoms with Gasteiger partial charge in [-0.15, -0.1) is 0 Å². The number of allylic oxidation sites excluding steroid dienone is 2. The average Bonchev–Trinajstić information content (AvgIpc) is 3.27. The van der Waals surface area contributed by atoms with Crippen LogP contribution in [0.2, 0.25) is 0 Å². The summed E-state index contributed by atoms with van der Waals surface area (Å²) in [6.45, 7) is 4.94. The second-order valence-corrected chi connectivity index (χ2v) is 7.77. The predicted octanol–water partition coefficient (Wildman–Crippen LogP) is 5.44. The molecule has 0 aliphatic heterocycles. The van der Waals surface area contributed by atoms with Crippen LogP contribution in [0.5, 0.6) is 0 Å². The molecule has 0 aromatic heterocycles. The Bertz CT molecular complexity index is 643. The molecule has 0 radical (unpaired) electrons. The zero-order valence-corrected chi connectivity index (χ0v) is 18.1. The standard InChI is InChI=1S/C25H37NO3/c1-3-21(9-5-4-6-10-22-11-7-8-12-22)20-29-18-17-26-19-23-13-15-24(16-14-23)25(27)28-2/h3,5,9,13-16,22,26H,4,6-8,10-12,17-20H2,1-2H3/b9-5-,21-3+. The number of unbranched alkanes of at least 4 members (excludes halogenated alkanes) is 1. The fourth-order valence-corrected chi connectivity index (χ4v) is 3.73. The number of benzene rings is 1. The zero-order valence-electron chi connectivity index (χ0n) is 18.1. The Labute approximate surface area is 176 Å². The van der Waals surface area contributed by atoms with Crippen LogP contribution in [-0.2, 0) is 16.0 Å². The van der Waals surface area contributed by atoms with E-state index in [4.69, 9.17) is 9.47 Å². The van der Waals surface area contributed by atoms with Crippen LogP contribution in [-0.4, -0.2) is 32.8 Å². The van der Waals surface area contributed by atoms with Crippen LogP contribution in [0.15, 0.2) is 48.1 Å². The number of ether oxygens (including phenoxy) is 2. The number of carbonyl (C=O) groups is 1.